The van der Waals surface area contributed by atoms with E-state index in [1.807, 2.05) is 6.07 Å². The number of amides is 1. The average molecular weight is 286 g/mol. The van der Waals surface area contributed by atoms with Crippen LogP contribution in [0.3, 0.4) is 0 Å². The van der Waals surface area contributed by atoms with Crippen LogP contribution in [-0.2, 0) is 11.2 Å². The van der Waals surface area contributed by atoms with Gasteiger partial charge in [0.25, 0.3) is 0 Å². The normalized spacial score (nSPS) is 28.3. The fraction of sp³-hybridized carbons (Fsp3) is 0.611. The number of nitrogens with one attached hydrogen (secondary N) is 2. The van der Waals surface area contributed by atoms with Crippen molar-refractivity contribution in [2.24, 2.45) is 5.92 Å². The molecule has 1 heterocycles. The summed E-state index contributed by atoms with van der Waals surface area (Å²) < 4.78 is 0. The first-order valence-corrected chi connectivity index (χ1v) is 8.41. The van der Waals surface area contributed by atoms with E-state index in [1.165, 1.54) is 24.8 Å². The molecule has 1 aliphatic carbocycles. The van der Waals surface area contributed by atoms with E-state index in [-0.39, 0.29) is 11.9 Å². The maximum absolute atomic E-state index is 12.5. The SMILES string of the molecule is CCC1CCC(NC(=O)C2CCc3ccccc3N2)CC1. The van der Waals surface area contributed by atoms with Crippen molar-refractivity contribution in [3.63, 3.8) is 0 Å². The number of para-hydroxylation sites is 1. The Balaban J connectivity index is 1.53. The number of benzene rings is 1. The molecule has 1 atom stereocenters. The van der Waals surface area contributed by atoms with Crippen molar-refractivity contribution >= 4 is 11.6 Å². The minimum atomic E-state index is -0.0659. The van der Waals surface area contributed by atoms with Crippen LogP contribution in [0.4, 0.5) is 5.69 Å². The van der Waals surface area contributed by atoms with Crippen LogP contribution in [0.25, 0.3) is 0 Å². The van der Waals surface area contributed by atoms with Gasteiger partial charge in [-0.05, 0) is 56.1 Å². The first kappa shape index (κ1) is 14.4. The summed E-state index contributed by atoms with van der Waals surface area (Å²) in [5.74, 6) is 1.06. The summed E-state index contributed by atoms with van der Waals surface area (Å²) in [6, 6.07) is 8.62. The number of hydrogen-bond acceptors (Lipinski definition) is 2. The lowest BCUT2D eigenvalue weighted by Crippen LogP contribution is -2.47. The second-order valence-electron chi connectivity index (χ2n) is 6.53. The van der Waals surface area contributed by atoms with Crippen molar-refractivity contribution in [3.05, 3.63) is 29.8 Å². The predicted octanol–water partition coefficient (Wildman–Crippen LogP) is 3.50. The third kappa shape index (κ3) is 3.39. The quantitative estimate of drug-likeness (QED) is 0.893. The Hall–Kier alpha value is -1.51. The van der Waals surface area contributed by atoms with Crippen LogP contribution in [-0.4, -0.2) is 18.0 Å². The summed E-state index contributed by atoms with van der Waals surface area (Å²) in [5.41, 5.74) is 2.45. The highest BCUT2D eigenvalue weighted by molar-refractivity contribution is 5.85. The molecule has 2 aliphatic rings. The molecular formula is C18H26N2O. The lowest BCUT2D eigenvalue weighted by atomic mass is 9.84. The third-order valence-electron chi connectivity index (χ3n) is 5.14. The fourth-order valence-corrected chi connectivity index (χ4v) is 3.65. The van der Waals surface area contributed by atoms with E-state index in [1.54, 1.807) is 0 Å². The first-order chi connectivity index (χ1) is 10.3. The zero-order valence-electron chi connectivity index (χ0n) is 12.9. The van der Waals surface area contributed by atoms with Crippen molar-refractivity contribution < 1.29 is 4.79 Å². The summed E-state index contributed by atoms with van der Waals surface area (Å²) >= 11 is 0. The van der Waals surface area contributed by atoms with Gasteiger partial charge in [-0.2, -0.15) is 0 Å². The number of carbonyl (C=O) groups excluding carboxylic acids is 1. The van der Waals surface area contributed by atoms with E-state index in [0.29, 0.717) is 6.04 Å². The van der Waals surface area contributed by atoms with Crippen LogP contribution >= 0.6 is 0 Å². The minimum absolute atomic E-state index is 0.0659. The second kappa shape index (κ2) is 6.50. The van der Waals surface area contributed by atoms with E-state index in [4.69, 9.17) is 0 Å². The summed E-state index contributed by atoms with van der Waals surface area (Å²) in [4.78, 5) is 12.5. The van der Waals surface area contributed by atoms with Crippen molar-refractivity contribution in [3.8, 4) is 0 Å². The molecule has 3 nitrogen and oxygen atoms in total. The number of anilines is 1. The van der Waals surface area contributed by atoms with Crippen molar-refractivity contribution in [1.82, 2.24) is 5.32 Å². The van der Waals surface area contributed by atoms with Gasteiger partial charge in [0.05, 0.1) is 0 Å². The van der Waals surface area contributed by atoms with Gasteiger partial charge in [0, 0.05) is 11.7 Å². The average Bonchev–Trinajstić information content (AvgIpc) is 2.55. The molecule has 1 aliphatic heterocycles. The van der Waals surface area contributed by atoms with E-state index < -0.39 is 0 Å². The number of carbonyl (C=O) groups is 1. The number of rotatable bonds is 3. The van der Waals surface area contributed by atoms with Crippen LogP contribution in [0, 0.1) is 5.92 Å². The summed E-state index contributed by atoms with van der Waals surface area (Å²) in [7, 11) is 0. The maximum Gasteiger partial charge on any atom is 0.242 e. The second-order valence-corrected chi connectivity index (χ2v) is 6.53. The Morgan fingerprint density at radius 2 is 1.95 bits per heavy atom. The minimum Gasteiger partial charge on any atom is -0.373 e. The Morgan fingerprint density at radius 3 is 2.71 bits per heavy atom. The van der Waals surface area contributed by atoms with Crippen LogP contribution in [0.15, 0.2) is 24.3 Å². The molecule has 1 fully saturated rings. The molecule has 1 aromatic carbocycles. The lowest BCUT2D eigenvalue weighted by molar-refractivity contribution is -0.123. The van der Waals surface area contributed by atoms with Crippen molar-refractivity contribution in [2.45, 2.75) is 64.0 Å². The molecular weight excluding hydrogens is 260 g/mol. The van der Waals surface area contributed by atoms with Gasteiger partial charge >= 0.3 is 0 Å². The fourth-order valence-electron chi connectivity index (χ4n) is 3.65. The zero-order valence-corrected chi connectivity index (χ0v) is 12.9. The molecule has 1 aromatic rings. The maximum atomic E-state index is 12.5. The van der Waals surface area contributed by atoms with E-state index in [9.17, 15) is 4.79 Å². The largest absolute Gasteiger partial charge is 0.373 e. The molecule has 3 heteroatoms. The molecule has 1 saturated carbocycles. The number of fused-ring (bicyclic) bond motifs is 1. The van der Waals surface area contributed by atoms with Gasteiger partial charge in [0.2, 0.25) is 5.91 Å². The molecule has 0 bridgehead atoms. The summed E-state index contributed by atoms with van der Waals surface area (Å²) in [5, 5.41) is 6.66. The number of aryl methyl sites for hydroxylation is 1. The molecule has 0 spiro atoms. The zero-order chi connectivity index (χ0) is 14.7. The molecule has 1 unspecified atom stereocenters. The first-order valence-electron chi connectivity index (χ1n) is 8.41. The van der Waals surface area contributed by atoms with E-state index in [2.05, 4.69) is 35.8 Å². The molecule has 21 heavy (non-hydrogen) atoms. The van der Waals surface area contributed by atoms with Gasteiger partial charge < -0.3 is 10.6 Å². The molecule has 2 N–H and O–H groups in total. The van der Waals surface area contributed by atoms with Gasteiger partial charge in [0.1, 0.15) is 6.04 Å². The smallest absolute Gasteiger partial charge is 0.242 e. The van der Waals surface area contributed by atoms with Gasteiger partial charge in [-0.1, -0.05) is 31.5 Å². The van der Waals surface area contributed by atoms with Crippen LogP contribution in [0.1, 0.15) is 51.0 Å². The Bertz CT molecular complexity index is 492. The molecule has 1 amide bonds. The highest BCUT2D eigenvalue weighted by Gasteiger charge is 2.27. The Kier molecular flexibility index (Phi) is 4.47. The third-order valence-corrected chi connectivity index (χ3v) is 5.14. The van der Waals surface area contributed by atoms with Crippen LogP contribution in [0.2, 0.25) is 0 Å². The van der Waals surface area contributed by atoms with Gasteiger partial charge in [-0.25, -0.2) is 0 Å². The predicted molar refractivity (Wildman–Crippen MR) is 86.4 cm³/mol. The molecule has 3 rings (SSSR count). The Morgan fingerprint density at radius 1 is 1.19 bits per heavy atom. The van der Waals surface area contributed by atoms with Gasteiger partial charge in [-0.3, -0.25) is 4.79 Å². The molecule has 0 radical (unpaired) electrons. The Labute approximate surface area is 127 Å². The highest BCUT2D eigenvalue weighted by Crippen LogP contribution is 2.27. The topological polar surface area (TPSA) is 41.1 Å². The van der Waals surface area contributed by atoms with E-state index in [0.717, 1.165) is 37.3 Å². The van der Waals surface area contributed by atoms with Crippen molar-refractivity contribution in [2.75, 3.05) is 5.32 Å². The molecule has 0 aromatic heterocycles. The summed E-state index contributed by atoms with van der Waals surface area (Å²) in [6.07, 6.45) is 7.99. The van der Waals surface area contributed by atoms with Gasteiger partial charge in [0.15, 0.2) is 0 Å². The van der Waals surface area contributed by atoms with E-state index >= 15 is 0 Å². The molecule has 0 saturated heterocycles. The van der Waals surface area contributed by atoms with Crippen molar-refractivity contribution in [1.29, 1.82) is 0 Å². The molecule has 114 valence electrons. The number of hydrogen-bond donors (Lipinski definition) is 2. The summed E-state index contributed by atoms with van der Waals surface area (Å²) in [6.45, 7) is 2.27. The lowest BCUT2D eigenvalue weighted by Gasteiger charge is -2.31. The standard InChI is InChI=1S/C18H26N2O/c1-2-13-7-10-15(11-8-13)19-18(21)17-12-9-14-5-3-4-6-16(14)20-17/h3-6,13,15,17,20H,2,7-12H2,1H3,(H,19,21). The van der Waals surface area contributed by atoms with Crippen LogP contribution in [0.5, 0.6) is 0 Å². The van der Waals surface area contributed by atoms with Gasteiger partial charge in [-0.15, -0.1) is 0 Å². The monoisotopic (exact) mass is 286 g/mol. The van der Waals surface area contributed by atoms with Crippen LogP contribution < -0.4 is 10.6 Å². The highest BCUT2D eigenvalue weighted by atomic mass is 16.2.